The van der Waals surface area contributed by atoms with E-state index in [1.54, 1.807) is 21.4 Å². The molecule has 1 aromatic carbocycles. The van der Waals surface area contributed by atoms with Crippen molar-refractivity contribution in [2.24, 2.45) is 0 Å². The number of tetrazole rings is 1. The molecule has 2 aromatic rings. The van der Waals surface area contributed by atoms with E-state index in [1.165, 1.54) is 11.8 Å². The number of carbonyl (C=O) groups is 2. The van der Waals surface area contributed by atoms with Gasteiger partial charge in [-0.05, 0) is 41.5 Å². The van der Waals surface area contributed by atoms with Crippen molar-refractivity contribution in [3.05, 3.63) is 29.3 Å². The molecule has 0 bridgehead atoms. The minimum Gasteiger partial charge on any atom is -0.339 e. The van der Waals surface area contributed by atoms with Crippen molar-refractivity contribution in [3.63, 3.8) is 0 Å². The highest BCUT2D eigenvalue weighted by Gasteiger charge is 2.23. The third-order valence-electron chi connectivity index (χ3n) is 4.44. The van der Waals surface area contributed by atoms with Crippen molar-refractivity contribution in [2.45, 2.75) is 25.9 Å². The van der Waals surface area contributed by atoms with Crippen LogP contribution in [0, 0.1) is 13.8 Å². The Morgan fingerprint density at radius 1 is 1.12 bits per heavy atom. The Bertz CT molecular complexity index is 813. The Hall–Kier alpha value is -2.42. The molecule has 0 spiro atoms. The predicted octanol–water partition coefficient (Wildman–Crippen LogP) is 1.06. The summed E-state index contributed by atoms with van der Waals surface area (Å²) in [5.74, 6) is 0.360. The van der Waals surface area contributed by atoms with E-state index < -0.39 is 0 Å². The van der Waals surface area contributed by atoms with Gasteiger partial charge in [0.25, 0.3) is 0 Å². The van der Waals surface area contributed by atoms with Crippen molar-refractivity contribution < 1.29 is 9.59 Å². The summed E-state index contributed by atoms with van der Waals surface area (Å²) in [7, 11) is 0. The predicted molar refractivity (Wildman–Crippen MR) is 98.2 cm³/mol. The van der Waals surface area contributed by atoms with E-state index in [0.717, 1.165) is 16.8 Å². The first kappa shape index (κ1) is 18.4. The standard InChI is InChI=1S/C17H22N6O2S/c1-12-4-5-13(2)15(10-12)23-17(18-19-20-23)26-11-16(25)22-8-6-21(7-9-22)14(3)24/h4-5,10H,6-9,11H2,1-3H3. The van der Waals surface area contributed by atoms with Gasteiger partial charge in [0.15, 0.2) is 0 Å². The lowest BCUT2D eigenvalue weighted by atomic mass is 10.1. The van der Waals surface area contributed by atoms with Crippen LogP contribution in [0.4, 0.5) is 0 Å². The minimum absolute atomic E-state index is 0.0358. The highest BCUT2D eigenvalue weighted by atomic mass is 32.2. The van der Waals surface area contributed by atoms with E-state index in [4.69, 9.17) is 0 Å². The molecule has 8 nitrogen and oxygen atoms in total. The van der Waals surface area contributed by atoms with E-state index in [-0.39, 0.29) is 17.6 Å². The fourth-order valence-electron chi connectivity index (χ4n) is 2.86. The number of hydrogen-bond donors (Lipinski definition) is 0. The number of aryl methyl sites for hydroxylation is 2. The van der Waals surface area contributed by atoms with Gasteiger partial charge in [0.05, 0.1) is 11.4 Å². The van der Waals surface area contributed by atoms with Gasteiger partial charge in [-0.1, -0.05) is 23.9 Å². The maximum atomic E-state index is 12.5. The molecular weight excluding hydrogens is 352 g/mol. The molecule has 0 atom stereocenters. The van der Waals surface area contributed by atoms with Gasteiger partial charge in [-0.3, -0.25) is 9.59 Å². The molecule has 1 saturated heterocycles. The molecule has 3 rings (SSSR count). The molecule has 1 fully saturated rings. The van der Waals surface area contributed by atoms with Gasteiger partial charge in [-0.15, -0.1) is 5.10 Å². The maximum Gasteiger partial charge on any atom is 0.233 e. The fourth-order valence-corrected chi connectivity index (χ4v) is 3.64. The first-order chi connectivity index (χ1) is 12.5. The van der Waals surface area contributed by atoms with Crippen LogP contribution >= 0.6 is 11.8 Å². The van der Waals surface area contributed by atoms with Crippen LogP contribution in [0.2, 0.25) is 0 Å². The molecule has 1 aliphatic rings. The number of carbonyl (C=O) groups excluding carboxylic acids is 2. The normalized spacial score (nSPS) is 14.6. The molecule has 2 amide bonds. The lowest BCUT2D eigenvalue weighted by Crippen LogP contribution is -2.50. The van der Waals surface area contributed by atoms with Gasteiger partial charge in [-0.2, -0.15) is 4.68 Å². The Kier molecular flexibility index (Phi) is 5.55. The summed E-state index contributed by atoms with van der Waals surface area (Å²) >= 11 is 1.33. The van der Waals surface area contributed by atoms with Gasteiger partial charge in [-0.25, -0.2) is 0 Å². The summed E-state index contributed by atoms with van der Waals surface area (Å²) in [6.45, 7) is 7.90. The quantitative estimate of drug-likeness (QED) is 0.744. The smallest absolute Gasteiger partial charge is 0.233 e. The molecular formula is C17H22N6O2S. The Morgan fingerprint density at radius 3 is 2.50 bits per heavy atom. The number of rotatable bonds is 4. The summed E-state index contributed by atoms with van der Waals surface area (Å²) < 4.78 is 1.67. The molecule has 1 aromatic heterocycles. The number of thioether (sulfide) groups is 1. The Balaban J connectivity index is 1.63. The van der Waals surface area contributed by atoms with Crippen LogP contribution in [0.25, 0.3) is 5.69 Å². The van der Waals surface area contributed by atoms with Crippen LogP contribution in [0.15, 0.2) is 23.4 Å². The summed E-state index contributed by atoms with van der Waals surface area (Å²) in [6.07, 6.45) is 0. The van der Waals surface area contributed by atoms with Crippen LogP contribution in [-0.4, -0.2) is 73.8 Å². The highest BCUT2D eigenvalue weighted by Crippen LogP contribution is 2.22. The second kappa shape index (κ2) is 7.86. The van der Waals surface area contributed by atoms with Crippen LogP contribution in [0.3, 0.4) is 0 Å². The number of nitrogens with zero attached hydrogens (tertiary/aromatic N) is 6. The van der Waals surface area contributed by atoms with Gasteiger partial charge in [0.2, 0.25) is 17.0 Å². The molecule has 2 heterocycles. The van der Waals surface area contributed by atoms with Crippen molar-refractivity contribution in [1.29, 1.82) is 0 Å². The summed E-state index contributed by atoms with van der Waals surface area (Å²) in [5.41, 5.74) is 3.10. The maximum absolute atomic E-state index is 12.5. The van der Waals surface area contributed by atoms with Crippen molar-refractivity contribution >= 4 is 23.6 Å². The Labute approximate surface area is 156 Å². The minimum atomic E-state index is 0.0358. The molecule has 0 unspecified atom stereocenters. The largest absolute Gasteiger partial charge is 0.339 e. The third-order valence-corrected chi connectivity index (χ3v) is 5.34. The average Bonchev–Trinajstić information content (AvgIpc) is 3.10. The van der Waals surface area contributed by atoms with Crippen molar-refractivity contribution in [2.75, 3.05) is 31.9 Å². The molecule has 138 valence electrons. The van der Waals surface area contributed by atoms with E-state index in [2.05, 4.69) is 15.5 Å². The molecule has 26 heavy (non-hydrogen) atoms. The zero-order valence-corrected chi connectivity index (χ0v) is 16.0. The second-order valence-electron chi connectivity index (χ2n) is 6.34. The lowest BCUT2D eigenvalue weighted by Gasteiger charge is -2.34. The summed E-state index contributed by atoms with van der Waals surface area (Å²) in [6, 6.07) is 6.10. The monoisotopic (exact) mass is 374 g/mol. The zero-order chi connectivity index (χ0) is 18.7. The first-order valence-electron chi connectivity index (χ1n) is 8.48. The fraction of sp³-hybridized carbons (Fsp3) is 0.471. The second-order valence-corrected chi connectivity index (χ2v) is 7.28. The van der Waals surface area contributed by atoms with Crippen LogP contribution in [0.1, 0.15) is 18.1 Å². The number of hydrogen-bond acceptors (Lipinski definition) is 6. The molecule has 0 saturated carbocycles. The van der Waals surface area contributed by atoms with Crippen molar-refractivity contribution in [1.82, 2.24) is 30.0 Å². The molecule has 9 heteroatoms. The number of aromatic nitrogens is 4. The number of benzene rings is 1. The van der Waals surface area contributed by atoms with Crippen molar-refractivity contribution in [3.8, 4) is 5.69 Å². The van der Waals surface area contributed by atoms with Gasteiger partial charge in [0.1, 0.15) is 0 Å². The number of amides is 2. The summed E-state index contributed by atoms with van der Waals surface area (Å²) in [4.78, 5) is 27.4. The molecule has 0 aliphatic carbocycles. The van der Waals surface area contributed by atoms with E-state index in [1.807, 2.05) is 32.0 Å². The van der Waals surface area contributed by atoms with Crippen LogP contribution < -0.4 is 0 Å². The third kappa shape index (κ3) is 4.04. The Morgan fingerprint density at radius 2 is 1.81 bits per heavy atom. The van der Waals surface area contributed by atoms with Gasteiger partial charge < -0.3 is 9.80 Å². The van der Waals surface area contributed by atoms with Crippen LogP contribution in [-0.2, 0) is 9.59 Å². The molecule has 0 radical (unpaired) electrons. The van der Waals surface area contributed by atoms with E-state index in [0.29, 0.717) is 31.3 Å². The van der Waals surface area contributed by atoms with Crippen LogP contribution in [0.5, 0.6) is 0 Å². The SMILES string of the molecule is CC(=O)N1CCN(C(=O)CSc2nnnn2-c2cc(C)ccc2C)CC1. The molecule has 0 N–H and O–H groups in total. The van der Waals surface area contributed by atoms with Gasteiger partial charge >= 0.3 is 0 Å². The zero-order valence-electron chi connectivity index (χ0n) is 15.2. The number of piperazine rings is 1. The van der Waals surface area contributed by atoms with E-state index in [9.17, 15) is 9.59 Å². The lowest BCUT2D eigenvalue weighted by molar-refractivity contribution is -0.136. The van der Waals surface area contributed by atoms with E-state index >= 15 is 0 Å². The average molecular weight is 374 g/mol. The topological polar surface area (TPSA) is 84.2 Å². The highest BCUT2D eigenvalue weighted by molar-refractivity contribution is 7.99. The van der Waals surface area contributed by atoms with Gasteiger partial charge in [0, 0.05) is 33.1 Å². The first-order valence-corrected chi connectivity index (χ1v) is 9.46. The molecule has 1 aliphatic heterocycles. The summed E-state index contributed by atoms with van der Waals surface area (Å²) in [5, 5.41) is 12.5.